The quantitative estimate of drug-likeness (QED) is 0.797. The maximum atomic E-state index is 13.0. The summed E-state index contributed by atoms with van der Waals surface area (Å²) < 4.78 is 44.2. The lowest BCUT2D eigenvalue weighted by Crippen LogP contribution is -2.41. The van der Waals surface area contributed by atoms with Crippen molar-refractivity contribution < 1.29 is 27.5 Å². The molecule has 1 aromatic rings. The normalized spacial score (nSPS) is 17.9. The molecule has 2 amide bonds. The summed E-state index contributed by atoms with van der Waals surface area (Å²) in [6.45, 7) is 9.79. The third kappa shape index (κ3) is 6.37. The van der Waals surface area contributed by atoms with Gasteiger partial charge in [0.25, 0.3) is 0 Å². The first-order valence-corrected chi connectivity index (χ1v) is 9.62. The van der Waals surface area contributed by atoms with Gasteiger partial charge in [0.1, 0.15) is 5.60 Å². The van der Waals surface area contributed by atoms with Crippen molar-refractivity contribution in [2.75, 3.05) is 19.6 Å². The van der Waals surface area contributed by atoms with Crippen LogP contribution in [0.25, 0.3) is 0 Å². The van der Waals surface area contributed by atoms with Gasteiger partial charge in [-0.1, -0.05) is 32.0 Å². The molecule has 1 saturated heterocycles. The van der Waals surface area contributed by atoms with Crippen molar-refractivity contribution in [3.63, 3.8) is 0 Å². The van der Waals surface area contributed by atoms with Crippen LogP contribution in [-0.2, 0) is 21.1 Å². The topological polar surface area (TPSA) is 58.6 Å². The average molecular weight is 414 g/mol. The number of ether oxygens (including phenoxy) is 1. The lowest BCUT2D eigenvalue weighted by molar-refractivity contribution is -0.137. The third-order valence-corrected chi connectivity index (χ3v) is 4.89. The molecule has 0 spiro atoms. The maximum Gasteiger partial charge on any atom is 0.416 e. The first-order valence-electron chi connectivity index (χ1n) is 9.62. The van der Waals surface area contributed by atoms with Crippen molar-refractivity contribution in [3.8, 4) is 0 Å². The van der Waals surface area contributed by atoms with Crippen LogP contribution in [0, 0.1) is 5.92 Å². The number of halogens is 3. The van der Waals surface area contributed by atoms with E-state index < -0.39 is 28.8 Å². The fourth-order valence-electron chi connectivity index (χ4n) is 3.14. The predicted octanol–water partition coefficient (Wildman–Crippen LogP) is 4.36. The van der Waals surface area contributed by atoms with Crippen LogP contribution < -0.4 is 5.32 Å². The molecule has 1 atom stereocenters. The second kappa shape index (κ2) is 8.24. The Hall–Kier alpha value is -2.25. The highest BCUT2D eigenvalue weighted by molar-refractivity contribution is 5.80. The molecule has 1 unspecified atom stereocenters. The average Bonchev–Trinajstić information content (AvgIpc) is 3.08. The van der Waals surface area contributed by atoms with Crippen molar-refractivity contribution in [2.24, 2.45) is 5.92 Å². The SMILES string of the molecule is CC(C)(C)OC(=O)N1CCC(C(=O)NCC(C)(C)c2cccc(C(F)(F)F)c2)C1. The minimum Gasteiger partial charge on any atom is -0.444 e. The summed E-state index contributed by atoms with van der Waals surface area (Å²) in [6.07, 6.45) is -4.34. The zero-order valence-electron chi connectivity index (χ0n) is 17.5. The van der Waals surface area contributed by atoms with Crippen molar-refractivity contribution in [1.82, 2.24) is 10.2 Å². The highest BCUT2D eigenvalue weighted by Crippen LogP contribution is 2.32. The first-order chi connectivity index (χ1) is 13.2. The second-order valence-electron chi connectivity index (χ2n) is 9.09. The highest BCUT2D eigenvalue weighted by Gasteiger charge is 2.35. The lowest BCUT2D eigenvalue weighted by atomic mass is 9.83. The van der Waals surface area contributed by atoms with Gasteiger partial charge in [-0.25, -0.2) is 4.79 Å². The number of alkyl halides is 3. The molecule has 0 bridgehead atoms. The van der Waals surface area contributed by atoms with Gasteiger partial charge in [-0.3, -0.25) is 4.79 Å². The van der Waals surface area contributed by atoms with Gasteiger partial charge in [-0.2, -0.15) is 13.2 Å². The monoisotopic (exact) mass is 414 g/mol. The summed E-state index contributed by atoms with van der Waals surface area (Å²) in [5.74, 6) is -0.573. The number of hydrogen-bond acceptors (Lipinski definition) is 3. The largest absolute Gasteiger partial charge is 0.444 e. The molecule has 8 heteroatoms. The van der Waals surface area contributed by atoms with Crippen LogP contribution in [0.3, 0.4) is 0 Å². The van der Waals surface area contributed by atoms with Crippen LogP contribution in [0.2, 0.25) is 0 Å². The Labute approximate surface area is 169 Å². The molecule has 1 aliphatic rings. The van der Waals surface area contributed by atoms with E-state index >= 15 is 0 Å². The van der Waals surface area contributed by atoms with Crippen molar-refractivity contribution in [2.45, 2.75) is 58.2 Å². The number of rotatable bonds is 4. The van der Waals surface area contributed by atoms with Gasteiger partial charge in [0.15, 0.2) is 0 Å². The van der Waals surface area contributed by atoms with Crippen LogP contribution in [0.1, 0.15) is 52.2 Å². The number of likely N-dealkylation sites (tertiary alicyclic amines) is 1. The molecule has 0 aromatic heterocycles. The molecule has 1 aromatic carbocycles. The summed E-state index contributed by atoms with van der Waals surface area (Å²) >= 11 is 0. The molecule has 29 heavy (non-hydrogen) atoms. The van der Waals surface area contributed by atoms with E-state index in [1.807, 2.05) is 0 Å². The Bertz CT molecular complexity index is 754. The summed E-state index contributed by atoms with van der Waals surface area (Å²) in [5, 5.41) is 2.83. The van der Waals surface area contributed by atoms with Gasteiger partial charge in [-0.05, 0) is 38.8 Å². The highest BCUT2D eigenvalue weighted by atomic mass is 19.4. The van der Waals surface area contributed by atoms with E-state index in [2.05, 4.69) is 5.32 Å². The summed E-state index contributed by atoms with van der Waals surface area (Å²) in [4.78, 5) is 26.2. The number of carbonyl (C=O) groups is 2. The van der Waals surface area contributed by atoms with Crippen LogP contribution in [0.5, 0.6) is 0 Å². The molecule has 5 nitrogen and oxygen atoms in total. The van der Waals surface area contributed by atoms with E-state index in [-0.39, 0.29) is 24.9 Å². The molecule has 0 radical (unpaired) electrons. The Kier molecular flexibility index (Phi) is 6.55. The molecule has 0 saturated carbocycles. The van der Waals surface area contributed by atoms with Gasteiger partial charge in [0.2, 0.25) is 5.91 Å². The summed E-state index contributed by atoms with van der Waals surface area (Å²) in [7, 11) is 0. The van der Waals surface area contributed by atoms with Gasteiger partial charge in [0, 0.05) is 25.0 Å². The second-order valence-corrected chi connectivity index (χ2v) is 9.09. The number of amides is 2. The predicted molar refractivity (Wildman–Crippen MR) is 103 cm³/mol. The van der Waals surface area contributed by atoms with Crippen molar-refractivity contribution in [1.29, 1.82) is 0 Å². The number of carbonyl (C=O) groups excluding carboxylic acids is 2. The van der Waals surface area contributed by atoms with Crippen molar-refractivity contribution >= 4 is 12.0 Å². The number of nitrogens with zero attached hydrogens (tertiary/aromatic N) is 1. The third-order valence-electron chi connectivity index (χ3n) is 4.89. The zero-order chi connectivity index (χ0) is 22.0. The number of hydrogen-bond donors (Lipinski definition) is 1. The molecular weight excluding hydrogens is 385 g/mol. The van der Waals surface area contributed by atoms with E-state index in [0.29, 0.717) is 18.5 Å². The van der Waals surface area contributed by atoms with Crippen molar-refractivity contribution in [3.05, 3.63) is 35.4 Å². The van der Waals surface area contributed by atoms with Crippen LogP contribution in [-0.4, -0.2) is 42.1 Å². The molecule has 1 N–H and O–H groups in total. The van der Waals surface area contributed by atoms with Gasteiger partial charge in [0.05, 0.1) is 11.5 Å². The Morgan fingerprint density at radius 1 is 1.14 bits per heavy atom. The summed E-state index contributed by atoms with van der Waals surface area (Å²) in [5.41, 5.74) is -1.50. The van der Waals surface area contributed by atoms with Gasteiger partial charge < -0.3 is 15.0 Å². The maximum absolute atomic E-state index is 13.0. The Morgan fingerprint density at radius 2 is 1.76 bits per heavy atom. The molecule has 1 heterocycles. The lowest BCUT2D eigenvalue weighted by Gasteiger charge is -2.27. The van der Waals surface area contributed by atoms with E-state index in [4.69, 9.17) is 4.74 Å². The first kappa shape index (κ1) is 23.0. The molecule has 162 valence electrons. The van der Waals surface area contributed by atoms with Gasteiger partial charge in [-0.15, -0.1) is 0 Å². The minimum absolute atomic E-state index is 0.191. The number of nitrogens with one attached hydrogen (secondary N) is 1. The van der Waals surface area contributed by atoms with E-state index in [9.17, 15) is 22.8 Å². The summed E-state index contributed by atoms with van der Waals surface area (Å²) in [6, 6.07) is 5.15. The molecule has 1 aliphatic heterocycles. The Balaban J connectivity index is 1.94. The minimum atomic E-state index is -4.41. The molecular formula is C21H29F3N2O3. The molecule has 0 aliphatic carbocycles. The van der Waals surface area contributed by atoms with E-state index in [1.165, 1.54) is 11.0 Å². The van der Waals surface area contributed by atoms with Crippen LogP contribution in [0.4, 0.5) is 18.0 Å². The Morgan fingerprint density at radius 3 is 2.34 bits per heavy atom. The zero-order valence-corrected chi connectivity index (χ0v) is 17.5. The molecule has 2 rings (SSSR count). The smallest absolute Gasteiger partial charge is 0.416 e. The standard InChI is InChI=1S/C21H29F3N2O3/c1-19(2,3)29-18(28)26-10-9-14(12-26)17(27)25-13-20(4,5)15-7-6-8-16(11-15)21(22,23)24/h6-8,11,14H,9-10,12-13H2,1-5H3,(H,25,27). The fourth-order valence-corrected chi connectivity index (χ4v) is 3.14. The fraction of sp³-hybridized carbons (Fsp3) is 0.619. The number of benzene rings is 1. The van der Waals surface area contributed by atoms with Crippen LogP contribution in [0.15, 0.2) is 24.3 Å². The molecule has 1 fully saturated rings. The van der Waals surface area contributed by atoms with E-state index in [0.717, 1.165) is 12.1 Å². The van der Waals surface area contributed by atoms with Crippen LogP contribution >= 0.6 is 0 Å². The van der Waals surface area contributed by atoms with Gasteiger partial charge >= 0.3 is 12.3 Å². The van der Waals surface area contributed by atoms with E-state index in [1.54, 1.807) is 40.7 Å².